The third kappa shape index (κ3) is 4.60. The van der Waals surface area contributed by atoms with Crippen molar-refractivity contribution >= 4 is 21.8 Å². The van der Waals surface area contributed by atoms with Crippen LogP contribution in [0.3, 0.4) is 0 Å². The Kier molecular flexibility index (Phi) is 6.65. The number of aliphatic hydroxyl groups is 2. The molecule has 0 heterocycles. The van der Waals surface area contributed by atoms with Crippen LogP contribution in [0, 0.1) is 11.3 Å². The molecule has 1 rings (SSSR count). The van der Waals surface area contributed by atoms with Crippen LogP contribution in [-0.4, -0.2) is 28.8 Å². The molecule has 1 aromatic rings. The lowest BCUT2D eigenvalue weighted by molar-refractivity contribution is -0.119. The summed E-state index contributed by atoms with van der Waals surface area (Å²) in [6.07, 6.45) is -1.86. The monoisotopic (exact) mass is 340 g/mol. The van der Waals surface area contributed by atoms with Crippen LogP contribution in [0.25, 0.3) is 0 Å². The van der Waals surface area contributed by atoms with Crippen LogP contribution in [0.1, 0.15) is 36.1 Å². The Hall–Kier alpha value is -1.42. The van der Waals surface area contributed by atoms with Gasteiger partial charge in [-0.05, 0) is 29.7 Å². The van der Waals surface area contributed by atoms with Gasteiger partial charge in [0.2, 0.25) is 5.91 Å². The summed E-state index contributed by atoms with van der Waals surface area (Å²) in [4.78, 5) is 10.8. The van der Waals surface area contributed by atoms with Crippen molar-refractivity contribution in [3.8, 4) is 6.07 Å². The molecule has 0 spiro atoms. The lowest BCUT2D eigenvalue weighted by atomic mass is 9.96. The Morgan fingerprint density at radius 1 is 1.50 bits per heavy atom. The zero-order valence-corrected chi connectivity index (χ0v) is 12.7. The van der Waals surface area contributed by atoms with Crippen molar-refractivity contribution < 1.29 is 15.0 Å². The molecule has 0 radical (unpaired) electrons. The van der Waals surface area contributed by atoms with Crippen LogP contribution in [0.15, 0.2) is 18.2 Å². The molecule has 0 aliphatic rings. The average molecular weight is 341 g/mol. The van der Waals surface area contributed by atoms with Gasteiger partial charge in [0.25, 0.3) is 0 Å². The molecule has 3 N–H and O–H groups in total. The van der Waals surface area contributed by atoms with E-state index in [0.717, 1.165) is 5.56 Å². The number of hydrogen-bond acceptors (Lipinski definition) is 4. The fraction of sp³-hybridized carbons (Fsp3) is 0.429. The maximum atomic E-state index is 10.8. The smallest absolute Gasteiger partial charge is 0.216 e. The Morgan fingerprint density at radius 2 is 2.20 bits per heavy atom. The van der Waals surface area contributed by atoms with Gasteiger partial charge in [0.1, 0.15) is 6.10 Å². The average Bonchev–Trinajstić information content (AvgIpc) is 2.45. The van der Waals surface area contributed by atoms with E-state index in [9.17, 15) is 15.0 Å². The van der Waals surface area contributed by atoms with E-state index in [1.165, 1.54) is 6.92 Å². The minimum absolute atomic E-state index is 0.181. The Balaban J connectivity index is 2.81. The summed E-state index contributed by atoms with van der Waals surface area (Å²) in [5, 5.41) is 32.1. The predicted molar refractivity (Wildman–Crippen MR) is 78.1 cm³/mol. The fourth-order valence-corrected chi connectivity index (χ4v) is 2.33. The number of benzene rings is 1. The van der Waals surface area contributed by atoms with Crippen LogP contribution in [-0.2, 0) is 10.1 Å². The number of carbonyl (C=O) groups excluding carboxylic acids is 1. The summed E-state index contributed by atoms with van der Waals surface area (Å²) in [6, 6.07) is 6.98. The van der Waals surface area contributed by atoms with E-state index >= 15 is 0 Å². The Morgan fingerprint density at radius 3 is 2.75 bits per heavy atom. The zero-order valence-electron chi connectivity index (χ0n) is 11.1. The Bertz CT molecular complexity index is 514. The molecule has 0 aliphatic heterocycles. The number of amides is 1. The molecule has 2 unspecified atom stereocenters. The topological polar surface area (TPSA) is 93.3 Å². The minimum atomic E-state index is -1.09. The maximum Gasteiger partial charge on any atom is 0.216 e. The lowest BCUT2D eigenvalue weighted by Crippen LogP contribution is -2.28. The van der Waals surface area contributed by atoms with E-state index in [1.807, 2.05) is 6.07 Å². The van der Waals surface area contributed by atoms with Gasteiger partial charge in [0.15, 0.2) is 0 Å². The second kappa shape index (κ2) is 8.00. The number of nitriles is 1. The molecule has 1 aromatic carbocycles. The quantitative estimate of drug-likeness (QED) is 0.682. The van der Waals surface area contributed by atoms with E-state index in [-0.39, 0.29) is 18.9 Å². The van der Waals surface area contributed by atoms with Gasteiger partial charge in [-0.3, -0.25) is 4.79 Å². The highest BCUT2D eigenvalue weighted by molar-refractivity contribution is 9.08. The van der Waals surface area contributed by atoms with Crippen LogP contribution >= 0.6 is 15.9 Å². The molecule has 0 bridgehead atoms. The fourth-order valence-electron chi connectivity index (χ4n) is 1.82. The van der Waals surface area contributed by atoms with Crippen molar-refractivity contribution in [2.45, 2.75) is 30.9 Å². The number of hydrogen-bond donors (Lipinski definition) is 3. The van der Waals surface area contributed by atoms with Crippen LogP contribution in [0.4, 0.5) is 0 Å². The van der Waals surface area contributed by atoms with Crippen molar-refractivity contribution in [3.63, 3.8) is 0 Å². The predicted octanol–water partition coefficient (Wildman–Crippen LogP) is 1.37. The third-order valence-electron chi connectivity index (χ3n) is 2.92. The van der Waals surface area contributed by atoms with Gasteiger partial charge in [-0.2, -0.15) is 5.26 Å². The van der Waals surface area contributed by atoms with E-state index in [1.54, 1.807) is 18.2 Å². The standard InChI is InChI=1S/C14H17BrN2O3/c1-9(18)17-5-4-13(19)14(20)12-6-10(8-16)2-3-11(12)7-15/h2-3,6,13-14,19-20H,4-5,7H2,1H3,(H,17,18). The molecule has 1 amide bonds. The summed E-state index contributed by atoms with van der Waals surface area (Å²) in [5.41, 5.74) is 1.77. The number of aliphatic hydroxyl groups excluding tert-OH is 2. The van der Waals surface area contributed by atoms with Gasteiger partial charge < -0.3 is 15.5 Å². The van der Waals surface area contributed by atoms with Gasteiger partial charge in [-0.15, -0.1) is 0 Å². The van der Waals surface area contributed by atoms with Gasteiger partial charge in [0.05, 0.1) is 17.7 Å². The first-order valence-electron chi connectivity index (χ1n) is 6.19. The molecule has 0 saturated heterocycles. The summed E-state index contributed by atoms with van der Waals surface area (Å²) in [6.45, 7) is 1.68. The number of nitrogens with zero attached hydrogens (tertiary/aromatic N) is 1. The van der Waals surface area contributed by atoms with Crippen LogP contribution in [0.5, 0.6) is 0 Å². The highest BCUT2D eigenvalue weighted by Crippen LogP contribution is 2.25. The van der Waals surface area contributed by atoms with Crippen molar-refractivity contribution in [3.05, 3.63) is 34.9 Å². The first-order valence-corrected chi connectivity index (χ1v) is 7.31. The molecule has 2 atom stereocenters. The summed E-state index contributed by atoms with van der Waals surface area (Å²) >= 11 is 3.31. The highest BCUT2D eigenvalue weighted by Gasteiger charge is 2.21. The lowest BCUT2D eigenvalue weighted by Gasteiger charge is -2.20. The molecule has 6 heteroatoms. The van der Waals surface area contributed by atoms with Gasteiger partial charge >= 0.3 is 0 Å². The van der Waals surface area contributed by atoms with Crippen molar-refractivity contribution in [1.29, 1.82) is 5.26 Å². The molecule has 0 saturated carbocycles. The minimum Gasteiger partial charge on any atom is -0.390 e. The molecule has 20 heavy (non-hydrogen) atoms. The van der Waals surface area contributed by atoms with Gasteiger partial charge in [-0.25, -0.2) is 0 Å². The second-order valence-corrected chi connectivity index (χ2v) is 5.00. The summed E-state index contributed by atoms with van der Waals surface area (Å²) in [7, 11) is 0. The van der Waals surface area contributed by atoms with Crippen LogP contribution in [0.2, 0.25) is 0 Å². The third-order valence-corrected chi connectivity index (χ3v) is 3.52. The van der Waals surface area contributed by atoms with E-state index in [2.05, 4.69) is 21.2 Å². The van der Waals surface area contributed by atoms with Gasteiger partial charge in [-0.1, -0.05) is 22.0 Å². The van der Waals surface area contributed by atoms with E-state index < -0.39 is 12.2 Å². The first-order chi connectivity index (χ1) is 9.49. The molecule has 5 nitrogen and oxygen atoms in total. The van der Waals surface area contributed by atoms with Gasteiger partial charge in [0, 0.05) is 18.8 Å². The zero-order chi connectivity index (χ0) is 15.1. The normalized spacial score (nSPS) is 13.3. The summed E-state index contributed by atoms with van der Waals surface area (Å²) < 4.78 is 0. The molecule has 108 valence electrons. The summed E-state index contributed by atoms with van der Waals surface area (Å²) in [5.74, 6) is -0.181. The second-order valence-electron chi connectivity index (χ2n) is 4.44. The maximum absolute atomic E-state index is 10.8. The largest absolute Gasteiger partial charge is 0.390 e. The molecular formula is C14H17BrN2O3. The number of halogens is 1. The molecule has 0 aromatic heterocycles. The van der Waals surface area contributed by atoms with E-state index in [0.29, 0.717) is 16.5 Å². The molecule has 0 fully saturated rings. The molecule has 0 aliphatic carbocycles. The number of alkyl halides is 1. The number of nitrogens with one attached hydrogen (secondary N) is 1. The number of rotatable bonds is 6. The molecular weight excluding hydrogens is 324 g/mol. The highest BCUT2D eigenvalue weighted by atomic mass is 79.9. The first kappa shape index (κ1) is 16.6. The SMILES string of the molecule is CC(=O)NCCC(O)C(O)c1cc(C#N)ccc1CBr. The van der Waals surface area contributed by atoms with E-state index in [4.69, 9.17) is 5.26 Å². The van der Waals surface area contributed by atoms with Crippen molar-refractivity contribution in [1.82, 2.24) is 5.32 Å². The Labute approximate surface area is 126 Å². The van der Waals surface area contributed by atoms with Crippen molar-refractivity contribution in [2.24, 2.45) is 0 Å². The number of carbonyl (C=O) groups is 1. The van der Waals surface area contributed by atoms with Crippen LogP contribution < -0.4 is 5.32 Å². The van der Waals surface area contributed by atoms with Crippen molar-refractivity contribution in [2.75, 3.05) is 6.54 Å².